The van der Waals surface area contributed by atoms with Crippen LogP contribution in [-0.2, 0) is 14.4 Å². The number of aliphatic imine (C=N–C) groups is 1. The number of para-hydroxylation sites is 1. The van der Waals surface area contributed by atoms with E-state index in [0.717, 1.165) is 39.3 Å². The molecule has 0 spiro atoms. The normalized spacial score (nSPS) is 17.2. The van der Waals surface area contributed by atoms with Gasteiger partial charge in [-0.1, -0.05) is 61.9 Å². The SMILES string of the molecule is C#C.CCC(F)(F)F.CN1C(=O)[C@@H](NC(=O)[C@H](CCC(F)(F)F)CC(=O)NCN2CCCCC2)N=C(c2ccccc2)c2ccccc21. The van der Waals surface area contributed by atoms with Gasteiger partial charge in [0.15, 0.2) is 0 Å². The smallest absolute Gasteiger partial charge is 0.343 e. The minimum absolute atomic E-state index is 0.279. The van der Waals surface area contributed by atoms with Crippen LogP contribution in [-0.4, -0.2) is 73.7 Å². The number of anilines is 1. The van der Waals surface area contributed by atoms with Crippen LogP contribution in [0.2, 0.25) is 0 Å². The van der Waals surface area contributed by atoms with Gasteiger partial charge in [-0.3, -0.25) is 19.3 Å². The van der Waals surface area contributed by atoms with E-state index >= 15 is 0 Å². The Hall–Kier alpha value is -4.38. The highest BCUT2D eigenvalue weighted by Gasteiger charge is 2.35. The number of likely N-dealkylation sites (tertiary alicyclic amines) is 1. The van der Waals surface area contributed by atoms with Gasteiger partial charge in [-0.2, -0.15) is 26.3 Å². The largest absolute Gasteiger partial charge is 0.389 e. The Morgan fingerprint density at radius 1 is 0.938 bits per heavy atom. The summed E-state index contributed by atoms with van der Waals surface area (Å²) in [6, 6.07) is 16.3. The summed E-state index contributed by atoms with van der Waals surface area (Å²) in [5, 5.41) is 5.27. The van der Waals surface area contributed by atoms with Crippen molar-refractivity contribution in [3.8, 4) is 12.8 Å². The second-order valence-electron chi connectivity index (χ2n) is 11.1. The third-order valence-electron chi connectivity index (χ3n) is 7.60. The Labute approximate surface area is 277 Å². The highest BCUT2D eigenvalue weighted by Crippen LogP contribution is 2.29. The number of terminal acetylenes is 1. The minimum atomic E-state index is -4.50. The van der Waals surface area contributed by atoms with E-state index in [1.165, 1.54) is 4.90 Å². The first kappa shape index (κ1) is 39.8. The molecule has 0 aromatic heterocycles. The molecule has 1 fully saturated rings. The predicted octanol–water partition coefficient (Wildman–Crippen LogP) is 6.06. The van der Waals surface area contributed by atoms with Gasteiger partial charge in [-0.25, -0.2) is 4.99 Å². The van der Waals surface area contributed by atoms with Crippen LogP contribution in [0, 0.1) is 18.8 Å². The number of rotatable bonds is 9. The van der Waals surface area contributed by atoms with E-state index < -0.39 is 67.8 Å². The van der Waals surface area contributed by atoms with E-state index in [0.29, 0.717) is 22.5 Å². The van der Waals surface area contributed by atoms with Crippen LogP contribution in [0.3, 0.4) is 0 Å². The summed E-state index contributed by atoms with van der Waals surface area (Å²) in [5.74, 6) is -3.18. The maximum atomic E-state index is 13.4. The van der Waals surface area contributed by atoms with E-state index in [1.54, 1.807) is 19.2 Å². The first-order chi connectivity index (χ1) is 22.7. The van der Waals surface area contributed by atoms with Gasteiger partial charge in [0.25, 0.3) is 5.91 Å². The van der Waals surface area contributed by atoms with Gasteiger partial charge in [0, 0.05) is 43.4 Å². The fraction of sp³-hybridized carbons (Fsp3) is 0.471. The van der Waals surface area contributed by atoms with Crippen LogP contribution >= 0.6 is 0 Å². The van der Waals surface area contributed by atoms with Gasteiger partial charge < -0.3 is 15.5 Å². The zero-order chi connectivity index (χ0) is 35.9. The molecular formula is C34H41F6N5O3. The summed E-state index contributed by atoms with van der Waals surface area (Å²) in [7, 11) is 1.55. The molecule has 1 saturated heterocycles. The second-order valence-corrected chi connectivity index (χ2v) is 11.1. The summed E-state index contributed by atoms with van der Waals surface area (Å²) in [6.45, 7) is 3.03. The summed E-state index contributed by atoms with van der Waals surface area (Å²) in [4.78, 5) is 47.4. The molecule has 262 valence electrons. The maximum Gasteiger partial charge on any atom is 0.389 e. The lowest BCUT2D eigenvalue weighted by Crippen LogP contribution is -2.48. The standard InChI is InChI=1S/C29H34F3N5O3.C3H5F3.C2H2/c1-36-23-13-7-6-12-22(23)25(20-10-4-2-5-11-20)34-26(28(36)40)35-27(39)21(14-15-29(30,31)32)18-24(38)33-19-37-16-8-3-9-17-37;1-2-3(4,5)6;1-2/h2,4-7,10-13,21,26H,3,8-9,14-19H2,1H3,(H,33,38)(H,35,39);2H2,1H3;1-2H/t21-,26-;;/m1../s1. The molecule has 3 amide bonds. The number of benzodiazepines with no additional fused rings is 1. The molecule has 2 aliphatic rings. The van der Waals surface area contributed by atoms with E-state index in [9.17, 15) is 40.7 Å². The van der Waals surface area contributed by atoms with Crippen LogP contribution < -0.4 is 15.5 Å². The van der Waals surface area contributed by atoms with Crippen molar-refractivity contribution in [3.63, 3.8) is 0 Å². The molecule has 8 nitrogen and oxygen atoms in total. The maximum absolute atomic E-state index is 13.4. The number of benzene rings is 2. The summed E-state index contributed by atoms with van der Waals surface area (Å²) >= 11 is 0. The Morgan fingerprint density at radius 2 is 1.52 bits per heavy atom. The Balaban J connectivity index is 0.000000901. The molecule has 0 bridgehead atoms. The fourth-order valence-corrected chi connectivity index (χ4v) is 4.97. The molecule has 4 rings (SSSR count). The lowest BCUT2D eigenvalue weighted by Gasteiger charge is -2.27. The molecular weight excluding hydrogens is 640 g/mol. The van der Waals surface area contributed by atoms with Crippen LogP contribution in [0.5, 0.6) is 0 Å². The van der Waals surface area contributed by atoms with Gasteiger partial charge >= 0.3 is 12.4 Å². The number of halogens is 6. The molecule has 2 N–H and O–H groups in total. The van der Waals surface area contributed by atoms with Crippen LogP contribution in [0.1, 0.15) is 63.0 Å². The van der Waals surface area contributed by atoms with Gasteiger partial charge in [-0.15, -0.1) is 12.8 Å². The van der Waals surface area contributed by atoms with Gasteiger partial charge in [0.05, 0.1) is 18.1 Å². The average Bonchev–Trinajstić information content (AvgIpc) is 3.17. The van der Waals surface area contributed by atoms with E-state index in [-0.39, 0.29) is 6.67 Å². The number of hydrogen-bond donors (Lipinski definition) is 2. The lowest BCUT2D eigenvalue weighted by molar-refractivity contribution is -0.144. The van der Waals surface area contributed by atoms with Crippen molar-refractivity contribution in [2.24, 2.45) is 10.9 Å². The molecule has 2 aliphatic heterocycles. The first-order valence-corrected chi connectivity index (χ1v) is 15.4. The van der Waals surface area contributed by atoms with Crippen LogP contribution in [0.4, 0.5) is 32.0 Å². The quantitative estimate of drug-likeness (QED) is 0.249. The van der Waals surface area contributed by atoms with Crippen molar-refractivity contribution in [1.29, 1.82) is 0 Å². The second kappa shape index (κ2) is 18.8. The average molecular weight is 682 g/mol. The van der Waals surface area contributed by atoms with Crippen molar-refractivity contribution in [1.82, 2.24) is 15.5 Å². The number of carbonyl (C=O) groups is 3. The molecule has 14 heteroatoms. The molecule has 0 saturated carbocycles. The summed E-state index contributed by atoms with van der Waals surface area (Å²) < 4.78 is 71.7. The molecule has 2 heterocycles. The van der Waals surface area contributed by atoms with Gasteiger partial charge in [0.1, 0.15) is 0 Å². The van der Waals surface area contributed by atoms with Crippen molar-refractivity contribution in [3.05, 3.63) is 65.7 Å². The predicted molar refractivity (Wildman–Crippen MR) is 172 cm³/mol. The number of nitrogens with one attached hydrogen (secondary N) is 2. The molecule has 0 unspecified atom stereocenters. The van der Waals surface area contributed by atoms with Crippen molar-refractivity contribution in [2.45, 2.75) is 70.4 Å². The summed E-state index contributed by atoms with van der Waals surface area (Å²) in [5.41, 5.74) is 2.43. The number of nitrogens with zero attached hydrogens (tertiary/aromatic N) is 3. The number of amides is 3. The molecule has 0 radical (unpaired) electrons. The monoisotopic (exact) mass is 681 g/mol. The van der Waals surface area contributed by atoms with Crippen LogP contribution in [0.25, 0.3) is 0 Å². The number of alkyl halides is 6. The number of fused-ring (bicyclic) bond motifs is 1. The third kappa shape index (κ3) is 13.0. The Bertz CT molecular complexity index is 1390. The Morgan fingerprint density at radius 3 is 2.10 bits per heavy atom. The lowest BCUT2D eigenvalue weighted by atomic mass is 9.97. The Kier molecular flexibility index (Phi) is 15.6. The number of hydrogen-bond acceptors (Lipinski definition) is 5. The third-order valence-corrected chi connectivity index (χ3v) is 7.60. The van der Waals surface area contributed by atoms with Crippen LogP contribution in [0.15, 0.2) is 59.6 Å². The first-order valence-electron chi connectivity index (χ1n) is 15.4. The molecule has 2 atom stereocenters. The van der Waals surface area contributed by atoms with Crippen molar-refractivity contribution in [2.75, 3.05) is 31.7 Å². The van der Waals surface area contributed by atoms with Crippen molar-refractivity contribution < 1.29 is 40.7 Å². The highest BCUT2D eigenvalue weighted by atomic mass is 19.4. The number of carbonyl (C=O) groups excluding carboxylic acids is 3. The van der Waals surface area contributed by atoms with Gasteiger partial charge in [0.2, 0.25) is 18.0 Å². The van der Waals surface area contributed by atoms with Gasteiger partial charge in [-0.05, 0) is 38.4 Å². The molecule has 0 aliphatic carbocycles. The molecule has 2 aromatic rings. The van der Waals surface area contributed by atoms with E-state index in [1.807, 2.05) is 42.5 Å². The zero-order valence-electron chi connectivity index (χ0n) is 26.9. The molecule has 2 aromatic carbocycles. The van der Waals surface area contributed by atoms with E-state index in [2.05, 4.69) is 33.4 Å². The fourth-order valence-electron chi connectivity index (χ4n) is 4.97. The minimum Gasteiger partial charge on any atom is -0.343 e. The number of likely N-dealkylation sites (N-methyl/N-ethyl adjacent to an activating group) is 1. The van der Waals surface area contributed by atoms with E-state index in [4.69, 9.17) is 0 Å². The van der Waals surface area contributed by atoms with Crippen molar-refractivity contribution >= 4 is 29.1 Å². The highest BCUT2D eigenvalue weighted by molar-refractivity contribution is 6.20. The topological polar surface area (TPSA) is 94.1 Å². The molecule has 48 heavy (non-hydrogen) atoms. The summed E-state index contributed by atoms with van der Waals surface area (Å²) in [6.07, 6.45) is -1.65. The number of piperidine rings is 1. The zero-order valence-corrected chi connectivity index (χ0v) is 26.9.